The highest BCUT2D eigenvalue weighted by Gasteiger charge is 2.28. The first-order valence-electron chi connectivity index (χ1n) is 9.43. The predicted octanol–water partition coefficient (Wildman–Crippen LogP) is 1.09. The highest BCUT2D eigenvalue weighted by atomic mass is 32.2. The van der Waals surface area contributed by atoms with Gasteiger partial charge in [-0.2, -0.15) is 0 Å². The van der Waals surface area contributed by atoms with Gasteiger partial charge < -0.3 is 14.8 Å². The van der Waals surface area contributed by atoms with Gasteiger partial charge in [-0.3, -0.25) is 9.59 Å². The maximum absolute atomic E-state index is 12.6. The van der Waals surface area contributed by atoms with Crippen LogP contribution in [0.1, 0.15) is 50.0 Å². The number of carbonyl (C=O) groups is 2. The fraction of sp³-hybridized carbons (Fsp3) is 0.667. The summed E-state index contributed by atoms with van der Waals surface area (Å²) in [6.45, 7) is 5.32. The van der Waals surface area contributed by atoms with Crippen LogP contribution in [0.15, 0.2) is 17.2 Å². The van der Waals surface area contributed by atoms with Crippen LogP contribution in [0.3, 0.4) is 0 Å². The summed E-state index contributed by atoms with van der Waals surface area (Å²) in [4.78, 5) is 27.0. The molecule has 0 aliphatic carbocycles. The van der Waals surface area contributed by atoms with Crippen LogP contribution in [0, 0.1) is 5.92 Å². The molecule has 1 aliphatic rings. The van der Waals surface area contributed by atoms with E-state index in [0.717, 1.165) is 12.8 Å². The second-order valence-electron chi connectivity index (χ2n) is 6.97. The standard InChI is InChI=1S/C18H30N4O4S/c1-5-13(6-2)18(24)22-9-7-14(8-10-22)20-17(23)16-11-15(12-21(16)4)27(25,26)19-3/h11-14,19H,5-10H2,1-4H3,(H,20,23). The molecule has 152 valence electrons. The van der Waals surface area contributed by atoms with Gasteiger partial charge in [-0.15, -0.1) is 0 Å². The molecule has 1 saturated heterocycles. The first-order valence-corrected chi connectivity index (χ1v) is 10.9. The van der Waals surface area contributed by atoms with Crippen LogP contribution in [0.4, 0.5) is 0 Å². The number of amides is 2. The van der Waals surface area contributed by atoms with Crippen LogP contribution in [-0.4, -0.2) is 55.9 Å². The van der Waals surface area contributed by atoms with Crippen LogP contribution in [0.2, 0.25) is 0 Å². The Morgan fingerprint density at radius 3 is 2.33 bits per heavy atom. The number of hydrogen-bond acceptors (Lipinski definition) is 4. The summed E-state index contributed by atoms with van der Waals surface area (Å²) < 4.78 is 27.5. The average molecular weight is 399 g/mol. The summed E-state index contributed by atoms with van der Waals surface area (Å²) in [6, 6.07) is 1.34. The zero-order valence-corrected chi connectivity index (χ0v) is 17.3. The van der Waals surface area contributed by atoms with E-state index in [2.05, 4.69) is 10.0 Å². The molecule has 1 aromatic heterocycles. The molecule has 0 atom stereocenters. The van der Waals surface area contributed by atoms with Gasteiger partial charge in [0, 0.05) is 38.3 Å². The predicted molar refractivity (Wildman–Crippen MR) is 103 cm³/mol. The highest BCUT2D eigenvalue weighted by Crippen LogP contribution is 2.18. The minimum Gasteiger partial charge on any atom is -0.348 e. The molecule has 0 aromatic carbocycles. The van der Waals surface area contributed by atoms with Crippen molar-refractivity contribution >= 4 is 21.8 Å². The van der Waals surface area contributed by atoms with Gasteiger partial charge in [0.2, 0.25) is 15.9 Å². The molecule has 2 heterocycles. The molecule has 1 fully saturated rings. The quantitative estimate of drug-likeness (QED) is 0.718. The van der Waals surface area contributed by atoms with Crippen molar-refractivity contribution in [1.82, 2.24) is 19.5 Å². The second-order valence-corrected chi connectivity index (χ2v) is 8.85. The summed E-state index contributed by atoms with van der Waals surface area (Å²) in [5.41, 5.74) is 0.291. The van der Waals surface area contributed by atoms with E-state index in [-0.39, 0.29) is 28.7 Å². The van der Waals surface area contributed by atoms with Crippen molar-refractivity contribution in [3.05, 3.63) is 18.0 Å². The first kappa shape index (κ1) is 21.4. The third-order valence-corrected chi connectivity index (χ3v) is 6.65. The Labute approximate surface area is 161 Å². The first-order chi connectivity index (χ1) is 12.7. The van der Waals surface area contributed by atoms with Gasteiger partial charge in [-0.05, 0) is 38.8 Å². The SMILES string of the molecule is CCC(CC)C(=O)N1CCC(NC(=O)c2cc(S(=O)(=O)NC)cn2C)CC1. The Hall–Kier alpha value is -1.87. The van der Waals surface area contributed by atoms with E-state index >= 15 is 0 Å². The molecule has 0 bridgehead atoms. The third-order valence-electron chi connectivity index (χ3n) is 5.27. The number of likely N-dealkylation sites (tertiary alicyclic amines) is 1. The Morgan fingerprint density at radius 1 is 1.22 bits per heavy atom. The lowest BCUT2D eigenvalue weighted by Gasteiger charge is -2.34. The summed E-state index contributed by atoms with van der Waals surface area (Å²) in [5, 5.41) is 2.96. The maximum Gasteiger partial charge on any atom is 0.268 e. The maximum atomic E-state index is 12.6. The Kier molecular flexibility index (Phi) is 7.05. The molecule has 27 heavy (non-hydrogen) atoms. The van der Waals surface area contributed by atoms with Crippen molar-refractivity contribution in [2.45, 2.75) is 50.5 Å². The Balaban J connectivity index is 1.96. The fourth-order valence-corrected chi connectivity index (χ4v) is 4.22. The lowest BCUT2D eigenvalue weighted by molar-refractivity contribution is -0.136. The number of hydrogen-bond donors (Lipinski definition) is 2. The molecule has 0 saturated carbocycles. The van der Waals surface area contributed by atoms with Crippen molar-refractivity contribution in [1.29, 1.82) is 0 Å². The number of carbonyl (C=O) groups excluding carboxylic acids is 2. The molecule has 2 rings (SSSR count). The molecule has 2 amide bonds. The molecule has 2 N–H and O–H groups in total. The third kappa shape index (κ3) is 4.90. The van der Waals surface area contributed by atoms with E-state index in [1.165, 1.54) is 23.9 Å². The van der Waals surface area contributed by atoms with Gasteiger partial charge in [-0.1, -0.05) is 13.8 Å². The van der Waals surface area contributed by atoms with Crippen molar-refractivity contribution < 1.29 is 18.0 Å². The van der Waals surface area contributed by atoms with Gasteiger partial charge in [-0.25, -0.2) is 13.1 Å². The second kappa shape index (κ2) is 8.88. The normalized spacial score (nSPS) is 16.0. The van der Waals surface area contributed by atoms with Crippen LogP contribution in [-0.2, 0) is 21.9 Å². The molecule has 1 aliphatic heterocycles. The highest BCUT2D eigenvalue weighted by molar-refractivity contribution is 7.89. The lowest BCUT2D eigenvalue weighted by atomic mass is 9.98. The smallest absolute Gasteiger partial charge is 0.268 e. The summed E-state index contributed by atoms with van der Waals surface area (Å²) in [7, 11) is -0.620. The molecular formula is C18H30N4O4S. The zero-order chi connectivity index (χ0) is 20.2. The molecule has 0 unspecified atom stereocenters. The van der Waals surface area contributed by atoms with Crippen molar-refractivity contribution in [3.63, 3.8) is 0 Å². The van der Waals surface area contributed by atoms with E-state index in [9.17, 15) is 18.0 Å². The Morgan fingerprint density at radius 2 is 1.81 bits per heavy atom. The topological polar surface area (TPSA) is 101 Å². The monoisotopic (exact) mass is 398 g/mol. The molecule has 9 heteroatoms. The summed E-state index contributed by atoms with van der Waals surface area (Å²) >= 11 is 0. The largest absolute Gasteiger partial charge is 0.348 e. The van der Waals surface area contributed by atoms with E-state index in [4.69, 9.17) is 0 Å². The number of nitrogens with one attached hydrogen (secondary N) is 2. The molecule has 8 nitrogen and oxygen atoms in total. The van der Waals surface area contributed by atoms with Crippen LogP contribution in [0.5, 0.6) is 0 Å². The van der Waals surface area contributed by atoms with Gasteiger partial charge in [0.1, 0.15) is 10.6 Å². The van der Waals surface area contributed by atoms with Gasteiger partial charge in [0.15, 0.2) is 0 Å². The number of piperidine rings is 1. The van der Waals surface area contributed by atoms with Crippen molar-refractivity contribution in [3.8, 4) is 0 Å². The fourth-order valence-electron chi connectivity index (χ4n) is 3.42. The summed E-state index contributed by atoms with van der Waals surface area (Å²) in [6.07, 6.45) is 4.50. The number of rotatable bonds is 7. The van der Waals surface area contributed by atoms with Gasteiger partial charge in [0.05, 0.1) is 0 Å². The Bertz CT molecular complexity index is 775. The molecule has 0 spiro atoms. The van der Waals surface area contributed by atoms with E-state index in [1.807, 2.05) is 18.7 Å². The zero-order valence-electron chi connectivity index (χ0n) is 16.5. The average Bonchev–Trinajstić information content (AvgIpc) is 3.06. The van der Waals surface area contributed by atoms with Crippen LogP contribution < -0.4 is 10.0 Å². The summed E-state index contributed by atoms with van der Waals surface area (Å²) in [5.74, 6) is -0.0268. The molecule has 0 radical (unpaired) electrons. The number of aromatic nitrogens is 1. The van der Waals surface area contributed by atoms with Crippen LogP contribution >= 0.6 is 0 Å². The number of sulfonamides is 1. The molecule has 1 aromatic rings. The van der Waals surface area contributed by atoms with Gasteiger partial charge >= 0.3 is 0 Å². The van der Waals surface area contributed by atoms with E-state index < -0.39 is 10.0 Å². The van der Waals surface area contributed by atoms with Crippen molar-refractivity contribution in [2.24, 2.45) is 13.0 Å². The number of nitrogens with zero attached hydrogens (tertiary/aromatic N) is 2. The minimum absolute atomic E-state index is 0.0255. The molecular weight excluding hydrogens is 368 g/mol. The minimum atomic E-state index is -3.59. The van der Waals surface area contributed by atoms with Crippen molar-refractivity contribution in [2.75, 3.05) is 20.1 Å². The van der Waals surface area contributed by atoms with Gasteiger partial charge in [0.25, 0.3) is 5.91 Å². The van der Waals surface area contributed by atoms with E-state index in [1.54, 1.807) is 7.05 Å². The van der Waals surface area contributed by atoms with Crippen LogP contribution in [0.25, 0.3) is 0 Å². The van der Waals surface area contributed by atoms with E-state index in [0.29, 0.717) is 31.6 Å². The number of aryl methyl sites for hydroxylation is 1. The lowest BCUT2D eigenvalue weighted by Crippen LogP contribution is -2.48.